The van der Waals surface area contributed by atoms with E-state index in [1.165, 1.54) is 6.42 Å². The summed E-state index contributed by atoms with van der Waals surface area (Å²) in [6.07, 6.45) is 4.74. The van der Waals surface area contributed by atoms with Crippen LogP contribution >= 0.6 is 11.6 Å². The van der Waals surface area contributed by atoms with Crippen molar-refractivity contribution in [2.45, 2.75) is 13.0 Å². The zero-order valence-corrected chi connectivity index (χ0v) is 12.9. The van der Waals surface area contributed by atoms with E-state index >= 15 is 0 Å². The Balaban J connectivity index is 1.48. The SMILES string of the molecule is Cn1c(Cl)cnc1CN1CC[C@H](CNc2ccccn2)C1. The largest absolute Gasteiger partial charge is 0.370 e. The predicted molar refractivity (Wildman–Crippen MR) is 84.3 cm³/mol. The highest BCUT2D eigenvalue weighted by atomic mass is 35.5. The van der Waals surface area contributed by atoms with Gasteiger partial charge < -0.3 is 9.88 Å². The standard InChI is InChI=1S/C15H20ClN5/c1-20-13(16)9-19-15(20)11-21-7-5-12(10-21)8-18-14-4-2-3-6-17-14/h2-4,6,9,12H,5,7-8,10-11H2,1H3,(H,17,18)/t12-/m1/s1. The normalized spacial score (nSPS) is 19.0. The highest BCUT2D eigenvalue weighted by molar-refractivity contribution is 6.29. The Hall–Kier alpha value is -1.59. The summed E-state index contributed by atoms with van der Waals surface area (Å²) in [5, 5.41) is 4.10. The number of pyridine rings is 1. The van der Waals surface area contributed by atoms with Crippen LogP contribution in [0.2, 0.25) is 5.15 Å². The minimum atomic E-state index is 0.655. The minimum Gasteiger partial charge on any atom is -0.370 e. The lowest BCUT2D eigenvalue weighted by atomic mass is 10.1. The molecule has 2 aromatic rings. The molecule has 0 amide bonds. The van der Waals surface area contributed by atoms with E-state index in [0.717, 1.165) is 37.8 Å². The van der Waals surface area contributed by atoms with E-state index in [-0.39, 0.29) is 0 Å². The van der Waals surface area contributed by atoms with Gasteiger partial charge in [0.2, 0.25) is 0 Å². The monoisotopic (exact) mass is 305 g/mol. The molecule has 0 aliphatic carbocycles. The minimum absolute atomic E-state index is 0.655. The third-order valence-corrected chi connectivity index (χ3v) is 4.35. The predicted octanol–water partition coefficient (Wildman–Crippen LogP) is 2.40. The van der Waals surface area contributed by atoms with Gasteiger partial charge in [-0.15, -0.1) is 0 Å². The van der Waals surface area contributed by atoms with Gasteiger partial charge in [-0.2, -0.15) is 0 Å². The van der Waals surface area contributed by atoms with Crippen molar-refractivity contribution in [1.29, 1.82) is 0 Å². The lowest BCUT2D eigenvalue weighted by molar-refractivity contribution is 0.307. The molecule has 0 unspecified atom stereocenters. The molecule has 21 heavy (non-hydrogen) atoms. The maximum absolute atomic E-state index is 6.03. The first kappa shape index (κ1) is 14.4. The molecule has 1 atom stereocenters. The van der Waals surface area contributed by atoms with E-state index in [0.29, 0.717) is 11.1 Å². The van der Waals surface area contributed by atoms with E-state index < -0.39 is 0 Å². The molecule has 2 aromatic heterocycles. The van der Waals surface area contributed by atoms with E-state index in [1.54, 1.807) is 6.20 Å². The third kappa shape index (κ3) is 3.54. The number of aromatic nitrogens is 3. The number of nitrogens with one attached hydrogen (secondary N) is 1. The first-order valence-electron chi connectivity index (χ1n) is 7.25. The fourth-order valence-electron chi connectivity index (χ4n) is 2.71. The Kier molecular flexibility index (Phi) is 4.41. The van der Waals surface area contributed by atoms with Gasteiger partial charge >= 0.3 is 0 Å². The second-order valence-electron chi connectivity index (χ2n) is 5.54. The summed E-state index contributed by atoms with van der Waals surface area (Å²) < 4.78 is 1.95. The Morgan fingerprint density at radius 1 is 1.38 bits per heavy atom. The second kappa shape index (κ2) is 6.45. The third-order valence-electron chi connectivity index (χ3n) is 4.00. The van der Waals surface area contributed by atoms with E-state index in [2.05, 4.69) is 20.2 Å². The molecular weight excluding hydrogens is 286 g/mol. The summed E-state index contributed by atoms with van der Waals surface area (Å²) in [5.41, 5.74) is 0. The molecule has 1 saturated heterocycles. The van der Waals surface area contributed by atoms with Gasteiger partial charge in [-0.25, -0.2) is 9.97 Å². The summed E-state index contributed by atoms with van der Waals surface area (Å²) in [6, 6.07) is 5.93. The summed E-state index contributed by atoms with van der Waals surface area (Å²) in [5.74, 6) is 2.63. The second-order valence-corrected chi connectivity index (χ2v) is 5.93. The smallest absolute Gasteiger partial charge is 0.128 e. The molecule has 112 valence electrons. The van der Waals surface area contributed by atoms with Gasteiger partial charge in [-0.1, -0.05) is 17.7 Å². The molecule has 0 radical (unpaired) electrons. The van der Waals surface area contributed by atoms with Gasteiger partial charge in [0, 0.05) is 26.3 Å². The number of rotatable bonds is 5. The Bertz CT molecular complexity index is 583. The lowest BCUT2D eigenvalue weighted by Gasteiger charge is -2.16. The fraction of sp³-hybridized carbons (Fsp3) is 0.467. The first-order valence-corrected chi connectivity index (χ1v) is 7.63. The van der Waals surface area contributed by atoms with Crippen molar-refractivity contribution in [3.8, 4) is 0 Å². The zero-order chi connectivity index (χ0) is 14.7. The molecule has 3 heterocycles. The van der Waals surface area contributed by atoms with Crippen LogP contribution in [0.3, 0.4) is 0 Å². The molecule has 0 bridgehead atoms. The van der Waals surface area contributed by atoms with Crippen molar-refractivity contribution >= 4 is 17.4 Å². The molecule has 1 fully saturated rings. The number of hydrogen-bond acceptors (Lipinski definition) is 4. The van der Waals surface area contributed by atoms with Crippen LogP contribution in [0, 0.1) is 5.92 Å². The first-order chi connectivity index (χ1) is 10.2. The summed E-state index contributed by atoms with van der Waals surface area (Å²) in [6.45, 7) is 4.03. The van der Waals surface area contributed by atoms with Gasteiger partial charge in [0.15, 0.2) is 0 Å². The molecule has 5 nitrogen and oxygen atoms in total. The highest BCUT2D eigenvalue weighted by Gasteiger charge is 2.23. The van der Waals surface area contributed by atoms with Crippen molar-refractivity contribution in [2.24, 2.45) is 13.0 Å². The summed E-state index contributed by atoms with van der Waals surface area (Å²) in [4.78, 5) is 11.1. The Labute approximate surface area is 130 Å². The molecule has 1 aliphatic rings. The molecule has 3 rings (SSSR count). The van der Waals surface area contributed by atoms with Crippen molar-refractivity contribution in [3.05, 3.63) is 41.6 Å². The van der Waals surface area contributed by atoms with Gasteiger partial charge in [-0.3, -0.25) is 4.90 Å². The Morgan fingerprint density at radius 2 is 2.29 bits per heavy atom. The molecule has 1 aliphatic heterocycles. The molecule has 0 saturated carbocycles. The Morgan fingerprint density at radius 3 is 3.00 bits per heavy atom. The van der Waals surface area contributed by atoms with Crippen molar-refractivity contribution < 1.29 is 0 Å². The molecule has 6 heteroatoms. The zero-order valence-electron chi connectivity index (χ0n) is 12.2. The van der Waals surface area contributed by atoms with Crippen LogP contribution in [-0.4, -0.2) is 39.1 Å². The topological polar surface area (TPSA) is 46.0 Å². The summed E-state index contributed by atoms with van der Waals surface area (Å²) in [7, 11) is 1.96. The number of hydrogen-bond donors (Lipinski definition) is 1. The fourth-order valence-corrected chi connectivity index (χ4v) is 2.86. The van der Waals surface area contributed by atoms with E-state index in [9.17, 15) is 0 Å². The maximum atomic E-state index is 6.03. The van der Waals surface area contributed by atoms with Crippen LogP contribution < -0.4 is 5.32 Å². The van der Waals surface area contributed by atoms with Crippen molar-refractivity contribution in [1.82, 2.24) is 19.4 Å². The summed E-state index contributed by atoms with van der Waals surface area (Å²) >= 11 is 6.03. The van der Waals surface area contributed by atoms with Gasteiger partial charge in [0.1, 0.15) is 16.8 Å². The highest BCUT2D eigenvalue weighted by Crippen LogP contribution is 2.19. The number of imidazole rings is 1. The number of anilines is 1. The van der Waals surface area contributed by atoms with Crippen LogP contribution in [0.1, 0.15) is 12.2 Å². The van der Waals surface area contributed by atoms with Crippen LogP contribution in [0.15, 0.2) is 30.6 Å². The van der Waals surface area contributed by atoms with Crippen molar-refractivity contribution in [3.63, 3.8) is 0 Å². The van der Waals surface area contributed by atoms with Gasteiger partial charge in [-0.05, 0) is 31.0 Å². The number of halogens is 1. The molecule has 0 spiro atoms. The van der Waals surface area contributed by atoms with Crippen LogP contribution in [0.25, 0.3) is 0 Å². The van der Waals surface area contributed by atoms with Crippen LogP contribution in [0.5, 0.6) is 0 Å². The molecular formula is C15H20ClN5. The van der Waals surface area contributed by atoms with Gasteiger partial charge in [0.25, 0.3) is 0 Å². The number of nitrogens with zero attached hydrogens (tertiary/aromatic N) is 4. The quantitative estimate of drug-likeness (QED) is 0.921. The number of likely N-dealkylation sites (tertiary alicyclic amines) is 1. The van der Waals surface area contributed by atoms with E-state index in [1.807, 2.05) is 36.0 Å². The lowest BCUT2D eigenvalue weighted by Crippen LogP contribution is -2.24. The van der Waals surface area contributed by atoms with E-state index in [4.69, 9.17) is 11.6 Å². The van der Waals surface area contributed by atoms with Crippen LogP contribution in [-0.2, 0) is 13.6 Å². The average Bonchev–Trinajstić information content (AvgIpc) is 3.08. The van der Waals surface area contributed by atoms with Crippen molar-refractivity contribution in [2.75, 3.05) is 25.0 Å². The maximum Gasteiger partial charge on any atom is 0.128 e. The molecule has 1 N–H and O–H groups in total. The molecule has 0 aromatic carbocycles. The van der Waals surface area contributed by atoms with Gasteiger partial charge in [0.05, 0.1) is 12.7 Å². The van der Waals surface area contributed by atoms with Crippen LogP contribution in [0.4, 0.5) is 5.82 Å². The average molecular weight is 306 g/mol.